The molecule has 2 rings (SSSR count). The lowest BCUT2D eigenvalue weighted by Crippen LogP contribution is -2.32. The van der Waals surface area contributed by atoms with Crippen LogP contribution in [0.3, 0.4) is 0 Å². The Morgan fingerprint density at radius 3 is 2.40 bits per heavy atom. The normalized spacial score (nSPS) is 11.8. The Morgan fingerprint density at radius 1 is 1.10 bits per heavy atom. The molecule has 0 aliphatic heterocycles. The van der Waals surface area contributed by atoms with E-state index in [4.69, 9.17) is 0 Å². The van der Waals surface area contributed by atoms with Crippen molar-refractivity contribution in [3.8, 4) is 0 Å². The minimum Gasteiger partial charge on any atom is -0.374 e. The van der Waals surface area contributed by atoms with Crippen LogP contribution in [0.25, 0.3) is 0 Å². The van der Waals surface area contributed by atoms with Gasteiger partial charge in [0.1, 0.15) is 11.9 Å². The lowest BCUT2D eigenvalue weighted by molar-refractivity contribution is -0.116. The Balaban J connectivity index is 1.99. The highest BCUT2D eigenvalue weighted by Gasteiger charge is 2.14. The quantitative estimate of drug-likeness (QED) is 0.893. The molecule has 2 aromatic rings. The summed E-state index contributed by atoms with van der Waals surface area (Å²) >= 11 is 0. The van der Waals surface area contributed by atoms with E-state index in [1.165, 1.54) is 12.1 Å². The standard InChI is InChI=1S/C16H17FN2O/c1-11-7-9-13(10-8-11)18-12(2)16(20)19-15-6-4-3-5-14(15)17/h3-10,12,18H,1-2H3,(H,19,20)/t12-/m1/s1. The summed E-state index contributed by atoms with van der Waals surface area (Å²) in [7, 11) is 0. The van der Waals surface area contributed by atoms with Crippen molar-refractivity contribution in [1.29, 1.82) is 0 Å². The van der Waals surface area contributed by atoms with E-state index in [0.717, 1.165) is 11.3 Å². The fraction of sp³-hybridized carbons (Fsp3) is 0.188. The summed E-state index contributed by atoms with van der Waals surface area (Å²) in [6, 6.07) is 13.4. The maximum absolute atomic E-state index is 13.4. The van der Waals surface area contributed by atoms with E-state index in [9.17, 15) is 9.18 Å². The van der Waals surface area contributed by atoms with E-state index >= 15 is 0 Å². The van der Waals surface area contributed by atoms with E-state index < -0.39 is 11.9 Å². The third kappa shape index (κ3) is 3.57. The minimum atomic E-state index is -0.461. The summed E-state index contributed by atoms with van der Waals surface area (Å²) in [6.07, 6.45) is 0. The highest BCUT2D eigenvalue weighted by Crippen LogP contribution is 2.14. The molecule has 20 heavy (non-hydrogen) atoms. The number of nitrogens with one attached hydrogen (secondary N) is 2. The number of hydrogen-bond donors (Lipinski definition) is 2. The third-order valence-corrected chi connectivity index (χ3v) is 2.96. The van der Waals surface area contributed by atoms with Gasteiger partial charge in [0.2, 0.25) is 5.91 Å². The fourth-order valence-electron chi connectivity index (χ4n) is 1.77. The third-order valence-electron chi connectivity index (χ3n) is 2.96. The Morgan fingerprint density at radius 2 is 1.75 bits per heavy atom. The number of hydrogen-bond acceptors (Lipinski definition) is 2. The molecule has 0 saturated carbocycles. The van der Waals surface area contributed by atoms with Gasteiger partial charge in [0, 0.05) is 5.69 Å². The van der Waals surface area contributed by atoms with Crippen LogP contribution in [0.5, 0.6) is 0 Å². The van der Waals surface area contributed by atoms with Gasteiger partial charge >= 0.3 is 0 Å². The van der Waals surface area contributed by atoms with Crippen LogP contribution in [0, 0.1) is 12.7 Å². The van der Waals surface area contributed by atoms with Crippen LogP contribution in [0.4, 0.5) is 15.8 Å². The van der Waals surface area contributed by atoms with E-state index in [-0.39, 0.29) is 11.6 Å². The molecule has 1 amide bonds. The van der Waals surface area contributed by atoms with Gasteiger partial charge in [-0.1, -0.05) is 29.8 Å². The zero-order valence-electron chi connectivity index (χ0n) is 11.5. The van der Waals surface area contributed by atoms with Gasteiger partial charge in [0.05, 0.1) is 5.69 Å². The number of anilines is 2. The molecule has 3 nitrogen and oxygen atoms in total. The van der Waals surface area contributed by atoms with Crippen LogP contribution in [-0.2, 0) is 4.79 Å². The number of para-hydroxylation sites is 1. The monoisotopic (exact) mass is 272 g/mol. The van der Waals surface area contributed by atoms with Gasteiger partial charge in [-0.2, -0.15) is 0 Å². The molecule has 0 radical (unpaired) electrons. The van der Waals surface area contributed by atoms with Crippen molar-refractivity contribution in [2.75, 3.05) is 10.6 Å². The highest BCUT2D eigenvalue weighted by atomic mass is 19.1. The average Bonchev–Trinajstić information content (AvgIpc) is 2.44. The Hall–Kier alpha value is -2.36. The first-order valence-electron chi connectivity index (χ1n) is 6.45. The second-order valence-corrected chi connectivity index (χ2v) is 4.70. The number of carbonyl (C=O) groups excluding carboxylic acids is 1. The van der Waals surface area contributed by atoms with Gasteiger partial charge in [-0.05, 0) is 38.1 Å². The zero-order chi connectivity index (χ0) is 14.5. The van der Waals surface area contributed by atoms with Crippen LogP contribution < -0.4 is 10.6 Å². The number of carbonyl (C=O) groups is 1. The number of aryl methyl sites for hydroxylation is 1. The predicted octanol–water partition coefficient (Wildman–Crippen LogP) is 3.57. The molecule has 0 aliphatic carbocycles. The van der Waals surface area contributed by atoms with Crippen molar-refractivity contribution in [2.24, 2.45) is 0 Å². The summed E-state index contributed by atoms with van der Waals surface area (Å²) in [6.45, 7) is 3.73. The van der Waals surface area contributed by atoms with Crippen molar-refractivity contribution < 1.29 is 9.18 Å². The van der Waals surface area contributed by atoms with Gasteiger partial charge in [-0.25, -0.2) is 4.39 Å². The van der Waals surface area contributed by atoms with Crippen LogP contribution in [0.2, 0.25) is 0 Å². The van der Waals surface area contributed by atoms with Crippen molar-refractivity contribution in [2.45, 2.75) is 19.9 Å². The largest absolute Gasteiger partial charge is 0.374 e. The molecule has 0 unspecified atom stereocenters. The first-order chi connectivity index (χ1) is 9.56. The van der Waals surface area contributed by atoms with E-state index in [1.54, 1.807) is 19.1 Å². The highest BCUT2D eigenvalue weighted by molar-refractivity contribution is 5.96. The Bertz CT molecular complexity index is 596. The summed E-state index contributed by atoms with van der Waals surface area (Å²) in [5.74, 6) is -0.723. The molecule has 0 aliphatic rings. The zero-order valence-corrected chi connectivity index (χ0v) is 11.5. The predicted molar refractivity (Wildman–Crippen MR) is 79.3 cm³/mol. The number of benzene rings is 2. The molecule has 0 spiro atoms. The van der Waals surface area contributed by atoms with Crippen molar-refractivity contribution in [1.82, 2.24) is 0 Å². The maximum atomic E-state index is 13.4. The Kier molecular flexibility index (Phi) is 4.35. The SMILES string of the molecule is Cc1ccc(N[C@H](C)C(=O)Nc2ccccc2F)cc1. The van der Waals surface area contributed by atoms with E-state index in [0.29, 0.717) is 0 Å². The second-order valence-electron chi connectivity index (χ2n) is 4.70. The molecular weight excluding hydrogens is 255 g/mol. The fourth-order valence-corrected chi connectivity index (χ4v) is 1.77. The van der Waals surface area contributed by atoms with Gasteiger partial charge in [-0.3, -0.25) is 4.79 Å². The maximum Gasteiger partial charge on any atom is 0.246 e. The molecule has 104 valence electrons. The van der Waals surface area contributed by atoms with Gasteiger partial charge < -0.3 is 10.6 Å². The van der Waals surface area contributed by atoms with Crippen molar-refractivity contribution in [3.63, 3.8) is 0 Å². The summed E-state index contributed by atoms with van der Waals surface area (Å²) in [5, 5.41) is 5.64. The van der Waals surface area contributed by atoms with Gasteiger partial charge in [0.15, 0.2) is 0 Å². The van der Waals surface area contributed by atoms with Gasteiger partial charge in [-0.15, -0.1) is 0 Å². The smallest absolute Gasteiger partial charge is 0.246 e. The second kappa shape index (κ2) is 6.19. The molecule has 2 N–H and O–H groups in total. The average molecular weight is 272 g/mol. The Labute approximate surface area is 117 Å². The lowest BCUT2D eigenvalue weighted by atomic mass is 10.2. The van der Waals surface area contributed by atoms with Crippen LogP contribution in [0.1, 0.15) is 12.5 Å². The van der Waals surface area contributed by atoms with Crippen molar-refractivity contribution >= 4 is 17.3 Å². The number of halogens is 1. The molecule has 0 fully saturated rings. The summed E-state index contributed by atoms with van der Waals surface area (Å²) < 4.78 is 13.4. The van der Waals surface area contributed by atoms with E-state index in [2.05, 4.69) is 10.6 Å². The molecule has 0 saturated heterocycles. The first kappa shape index (κ1) is 14.1. The van der Waals surface area contributed by atoms with Gasteiger partial charge in [0.25, 0.3) is 0 Å². The molecule has 4 heteroatoms. The van der Waals surface area contributed by atoms with E-state index in [1.807, 2.05) is 31.2 Å². The molecule has 0 bridgehead atoms. The van der Waals surface area contributed by atoms with Crippen LogP contribution >= 0.6 is 0 Å². The minimum absolute atomic E-state index is 0.190. The molecule has 0 heterocycles. The first-order valence-corrected chi connectivity index (χ1v) is 6.45. The van der Waals surface area contributed by atoms with Crippen molar-refractivity contribution in [3.05, 3.63) is 59.9 Å². The molecule has 0 aromatic heterocycles. The topological polar surface area (TPSA) is 41.1 Å². The molecule has 1 atom stereocenters. The van der Waals surface area contributed by atoms with Crippen LogP contribution in [-0.4, -0.2) is 11.9 Å². The van der Waals surface area contributed by atoms with Crippen LogP contribution in [0.15, 0.2) is 48.5 Å². The number of amides is 1. The molecule has 2 aromatic carbocycles. The number of rotatable bonds is 4. The summed E-state index contributed by atoms with van der Waals surface area (Å²) in [4.78, 5) is 12.0. The summed E-state index contributed by atoms with van der Waals surface area (Å²) in [5.41, 5.74) is 2.20. The molecular formula is C16H17FN2O. The lowest BCUT2D eigenvalue weighted by Gasteiger charge is -2.15.